The number of nitrogens with zero attached hydrogens (tertiary/aromatic N) is 3. The van der Waals surface area contributed by atoms with Gasteiger partial charge in [-0.3, -0.25) is 0 Å². The number of thiazole rings is 1. The highest BCUT2D eigenvalue weighted by molar-refractivity contribution is 9.10. The first-order chi connectivity index (χ1) is 8.72. The second-order valence-corrected chi connectivity index (χ2v) is 6.32. The Bertz CT molecular complexity index is 535. The molecule has 2 aromatic heterocycles. The van der Waals surface area contributed by atoms with Crippen LogP contribution in [0.2, 0.25) is 0 Å². The van der Waals surface area contributed by atoms with Gasteiger partial charge < -0.3 is 5.32 Å². The molecule has 94 valence electrons. The molecule has 0 amide bonds. The Morgan fingerprint density at radius 3 is 2.67 bits per heavy atom. The molecule has 2 heterocycles. The molecule has 0 saturated heterocycles. The molecule has 0 aromatic carbocycles. The highest BCUT2D eigenvalue weighted by atomic mass is 79.9. The summed E-state index contributed by atoms with van der Waals surface area (Å²) in [7, 11) is 0. The fourth-order valence-electron chi connectivity index (χ4n) is 1.85. The SMILES string of the molecule is Cc1csc([C@H](Nc2ncc(Br)cn2)C2CC2)n1. The van der Waals surface area contributed by atoms with Gasteiger partial charge in [0.05, 0.1) is 10.5 Å². The van der Waals surface area contributed by atoms with Crippen molar-refractivity contribution in [2.24, 2.45) is 5.92 Å². The van der Waals surface area contributed by atoms with E-state index in [9.17, 15) is 0 Å². The predicted octanol–water partition coefficient (Wildman–Crippen LogP) is 3.57. The molecular formula is C12H13BrN4S. The van der Waals surface area contributed by atoms with Gasteiger partial charge in [0.25, 0.3) is 0 Å². The lowest BCUT2D eigenvalue weighted by Gasteiger charge is -2.15. The van der Waals surface area contributed by atoms with E-state index in [2.05, 4.69) is 41.6 Å². The van der Waals surface area contributed by atoms with Crippen LogP contribution >= 0.6 is 27.3 Å². The molecule has 2 aromatic rings. The third-order valence-electron chi connectivity index (χ3n) is 2.90. The van der Waals surface area contributed by atoms with E-state index in [0.29, 0.717) is 11.9 Å². The quantitative estimate of drug-likeness (QED) is 0.934. The summed E-state index contributed by atoms with van der Waals surface area (Å²) in [6.45, 7) is 2.03. The summed E-state index contributed by atoms with van der Waals surface area (Å²) in [4.78, 5) is 13.1. The highest BCUT2D eigenvalue weighted by Crippen LogP contribution is 2.43. The van der Waals surface area contributed by atoms with Crippen LogP contribution in [0, 0.1) is 12.8 Å². The summed E-state index contributed by atoms with van der Waals surface area (Å²) < 4.78 is 0.890. The van der Waals surface area contributed by atoms with Crippen molar-refractivity contribution >= 4 is 33.2 Å². The van der Waals surface area contributed by atoms with Gasteiger partial charge in [-0.25, -0.2) is 15.0 Å². The van der Waals surface area contributed by atoms with Crippen LogP contribution in [0.15, 0.2) is 22.2 Å². The lowest BCUT2D eigenvalue weighted by Crippen LogP contribution is -2.14. The zero-order chi connectivity index (χ0) is 12.5. The Morgan fingerprint density at radius 1 is 1.39 bits per heavy atom. The number of rotatable bonds is 4. The summed E-state index contributed by atoms with van der Waals surface area (Å²) in [5.74, 6) is 1.34. The maximum atomic E-state index is 4.58. The molecule has 1 aliphatic rings. The molecule has 18 heavy (non-hydrogen) atoms. The van der Waals surface area contributed by atoms with Crippen molar-refractivity contribution in [3.05, 3.63) is 32.9 Å². The van der Waals surface area contributed by atoms with E-state index in [1.807, 2.05) is 6.92 Å². The largest absolute Gasteiger partial charge is 0.345 e. The number of aromatic nitrogens is 3. The first kappa shape index (κ1) is 12.0. The fourth-order valence-corrected chi connectivity index (χ4v) is 3.00. The number of hydrogen-bond donors (Lipinski definition) is 1. The van der Waals surface area contributed by atoms with Crippen LogP contribution in [0.25, 0.3) is 0 Å². The van der Waals surface area contributed by atoms with E-state index in [0.717, 1.165) is 15.2 Å². The van der Waals surface area contributed by atoms with Crippen molar-refractivity contribution in [2.75, 3.05) is 5.32 Å². The maximum Gasteiger partial charge on any atom is 0.223 e. The van der Waals surface area contributed by atoms with Crippen LogP contribution in [0.5, 0.6) is 0 Å². The number of hydrogen-bond acceptors (Lipinski definition) is 5. The maximum absolute atomic E-state index is 4.58. The van der Waals surface area contributed by atoms with Crippen LogP contribution in [0.3, 0.4) is 0 Å². The Hall–Kier alpha value is -1.01. The molecule has 4 nitrogen and oxygen atoms in total. The monoisotopic (exact) mass is 324 g/mol. The first-order valence-corrected chi connectivity index (χ1v) is 7.56. The first-order valence-electron chi connectivity index (χ1n) is 5.88. The van der Waals surface area contributed by atoms with E-state index in [4.69, 9.17) is 0 Å². The smallest absolute Gasteiger partial charge is 0.223 e. The average molecular weight is 325 g/mol. The molecule has 1 N–H and O–H groups in total. The van der Waals surface area contributed by atoms with Gasteiger partial charge in [0.2, 0.25) is 5.95 Å². The van der Waals surface area contributed by atoms with Gasteiger partial charge in [-0.05, 0) is 41.6 Å². The van der Waals surface area contributed by atoms with Gasteiger partial charge in [0.1, 0.15) is 5.01 Å². The molecule has 0 aliphatic heterocycles. The van der Waals surface area contributed by atoms with Crippen molar-refractivity contribution in [3.8, 4) is 0 Å². The highest BCUT2D eigenvalue weighted by Gasteiger charge is 2.34. The standard InChI is InChI=1S/C12H13BrN4S/c1-7-6-18-11(16-7)10(8-2-3-8)17-12-14-4-9(13)5-15-12/h4-6,8,10H,2-3H2,1H3,(H,14,15,17)/t10-/m1/s1. The normalized spacial score (nSPS) is 16.6. The summed E-state index contributed by atoms with van der Waals surface area (Å²) in [5.41, 5.74) is 1.08. The van der Waals surface area contributed by atoms with Gasteiger partial charge in [-0.15, -0.1) is 11.3 Å². The summed E-state index contributed by atoms with van der Waals surface area (Å²) in [6.07, 6.45) is 6.03. The van der Waals surface area contributed by atoms with E-state index >= 15 is 0 Å². The Balaban J connectivity index is 1.80. The van der Waals surface area contributed by atoms with E-state index in [1.54, 1.807) is 23.7 Å². The molecule has 0 unspecified atom stereocenters. The Kier molecular flexibility index (Phi) is 3.30. The topological polar surface area (TPSA) is 50.7 Å². The Labute approximate surface area is 118 Å². The zero-order valence-electron chi connectivity index (χ0n) is 9.93. The fraction of sp³-hybridized carbons (Fsp3) is 0.417. The molecule has 1 saturated carbocycles. The van der Waals surface area contributed by atoms with Crippen molar-refractivity contribution in [2.45, 2.75) is 25.8 Å². The van der Waals surface area contributed by atoms with Gasteiger partial charge in [0, 0.05) is 23.5 Å². The molecule has 6 heteroatoms. The van der Waals surface area contributed by atoms with Gasteiger partial charge in [-0.2, -0.15) is 0 Å². The predicted molar refractivity (Wildman–Crippen MR) is 75.7 cm³/mol. The molecule has 1 aliphatic carbocycles. The van der Waals surface area contributed by atoms with Crippen molar-refractivity contribution in [1.82, 2.24) is 15.0 Å². The van der Waals surface area contributed by atoms with Crippen molar-refractivity contribution in [3.63, 3.8) is 0 Å². The number of halogens is 1. The molecule has 0 radical (unpaired) electrons. The minimum Gasteiger partial charge on any atom is -0.345 e. The van der Waals surface area contributed by atoms with Crippen molar-refractivity contribution in [1.29, 1.82) is 0 Å². The minimum atomic E-state index is 0.255. The number of anilines is 1. The number of nitrogens with one attached hydrogen (secondary N) is 1. The summed E-state index contributed by atoms with van der Waals surface area (Å²) >= 11 is 5.05. The van der Waals surface area contributed by atoms with E-state index in [1.165, 1.54) is 12.8 Å². The zero-order valence-corrected chi connectivity index (χ0v) is 12.3. The molecule has 0 spiro atoms. The van der Waals surface area contributed by atoms with E-state index < -0.39 is 0 Å². The summed E-state index contributed by atoms with van der Waals surface area (Å²) in [6, 6.07) is 0.255. The third-order valence-corrected chi connectivity index (χ3v) is 4.36. The average Bonchev–Trinajstić information content (AvgIpc) is 3.11. The summed E-state index contributed by atoms with van der Waals surface area (Å²) in [5, 5.41) is 6.64. The molecule has 0 bridgehead atoms. The minimum absolute atomic E-state index is 0.255. The van der Waals surface area contributed by atoms with Crippen LogP contribution < -0.4 is 5.32 Å². The molecular weight excluding hydrogens is 312 g/mol. The third kappa shape index (κ3) is 2.70. The van der Waals surface area contributed by atoms with E-state index in [-0.39, 0.29) is 6.04 Å². The Morgan fingerprint density at radius 2 is 2.11 bits per heavy atom. The van der Waals surface area contributed by atoms with Crippen LogP contribution in [-0.4, -0.2) is 15.0 Å². The second kappa shape index (κ2) is 4.93. The van der Waals surface area contributed by atoms with Crippen molar-refractivity contribution < 1.29 is 0 Å². The van der Waals surface area contributed by atoms with Gasteiger partial charge >= 0.3 is 0 Å². The van der Waals surface area contributed by atoms with Crippen LogP contribution in [-0.2, 0) is 0 Å². The molecule has 1 fully saturated rings. The van der Waals surface area contributed by atoms with Crippen LogP contribution in [0.1, 0.15) is 29.6 Å². The van der Waals surface area contributed by atoms with Gasteiger partial charge in [0.15, 0.2) is 0 Å². The number of aryl methyl sites for hydroxylation is 1. The second-order valence-electron chi connectivity index (χ2n) is 4.51. The van der Waals surface area contributed by atoms with Crippen LogP contribution in [0.4, 0.5) is 5.95 Å². The molecule has 3 rings (SSSR count). The van der Waals surface area contributed by atoms with Gasteiger partial charge in [-0.1, -0.05) is 0 Å². The lowest BCUT2D eigenvalue weighted by atomic mass is 10.2. The lowest BCUT2D eigenvalue weighted by molar-refractivity contribution is 0.664. The molecule has 1 atom stereocenters.